The number of hydrogen-bond acceptors (Lipinski definition) is 7. The van der Waals surface area contributed by atoms with Crippen LogP contribution in [0.3, 0.4) is 0 Å². The summed E-state index contributed by atoms with van der Waals surface area (Å²) in [6.07, 6.45) is 3.18. The van der Waals surface area contributed by atoms with Gasteiger partial charge in [0.15, 0.2) is 11.6 Å². The van der Waals surface area contributed by atoms with Crippen molar-refractivity contribution in [2.24, 2.45) is 0 Å². The summed E-state index contributed by atoms with van der Waals surface area (Å²) in [5, 5.41) is 6.69. The Morgan fingerprint density at radius 1 is 1.24 bits per heavy atom. The number of ether oxygens (including phenoxy) is 3. The molecule has 1 amide bonds. The predicted octanol–water partition coefficient (Wildman–Crippen LogP) is 4.18. The van der Waals surface area contributed by atoms with Crippen LogP contribution in [0, 0.1) is 5.82 Å². The SMILES string of the molecule is COc1c(Cl)cccc1Nc1c(-c2ccncc2F)[nH]c2c1C(=O)NCC2C[C@H]1CO[C@H](CN(C)C)CO1. The number of H-pyrrole nitrogens is 1. The van der Waals surface area contributed by atoms with Crippen LogP contribution in [0.25, 0.3) is 11.3 Å². The molecule has 2 aromatic heterocycles. The van der Waals surface area contributed by atoms with E-state index in [-0.39, 0.29) is 29.6 Å². The van der Waals surface area contributed by atoms with Crippen LogP contribution >= 0.6 is 11.6 Å². The normalized spacial score (nSPS) is 21.2. The van der Waals surface area contributed by atoms with E-state index in [2.05, 4.69) is 25.5 Å². The molecule has 0 saturated carbocycles. The number of carbonyl (C=O) groups is 1. The molecule has 1 aromatic carbocycles. The van der Waals surface area contributed by atoms with Gasteiger partial charge < -0.3 is 34.7 Å². The number of fused-ring (bicyclic) bond motifs is 1. The summed E-state index contributed by atoms with van der Waals surface area (Å²) in [6, 6.07) is 6.83. The lowest BCUT2D eigenvalue weighted by Gasteiger charge is -2.33. The third kappa shape index (κ3) is 5.35. The summed E-state index contributed by atoms with van der Waals surface area (Å²) in [6.45, 7) is 2.19. The monoisotopic (exact) mass is 543 g/mol. The zero-order valence-electron chi connectivity index (χ0n) is 21.5. The zero-order chi connectivity index (χ0) is 26.8. The number of aromatic amines is 1. The van der Waals surface area contributed by atoms with E-state index in [9.17, 15) is 9.18 Å². The molecule has 202 valence electrons. The number of anilines is 2. The molecule has 4 heterocycles. The topological polar surface area (TPSA) is 101 Å². The highest BCUT2D eigenvalue weighted by molar-refractivity contribution is 6.32. The lowest BCUT2D eigenvalue weighted by atomic mass is 9.91. The maximum absolute atomic E-state index is 15.0. The summed E-state index contributed by atoms with van der Waals surface area (Å²) in [5.74, 6) is -0.455. The number of nitrogens with one attached hydrogen (secondary N) is 3. The van der Waals surface area contributed by atoms with Crippen molar-refractivity contribution in [1.29, 1.82) is 0 Å². The van der Waals surface area contributed by atoms with Crippen molar-refractivity contribution in [3.8, 4) is 17.0 Å². The lowest BCUT2D eigenvalue weighted by Crippen LogP contribution is -2.43. The molecule has 3 atom stereocenters. The number of amides is 1. The molecule has 38 heavy (non-hydrogen) atoms. The van der Waals surface area contributed by atoms with E-state index in [1.165, 1.54) is 13.3 Å². The van der Waals surface area contributed by atoms with Gasteiger partial charge in [-0.15, -0.1) is 0 Å². The van der Waals surface area contributed by atoms with Crippen LogP contribution in [-0.2, 0) is 9.47 Å². The number of carbonyl (C=O) groups excluding carboxylic acids is 1. The lowest BCUT2D eigenvalue weighted by molar-refractivity contribution is -0.140. The Bertz CT molecular complexity index is 1310. The number of nitrogens with zero attached hydrogens (tertiary/aromatic N) is 2. The number of halogens is 2. The van der Waals surface area contributed by atoms with Crippen LogP contribution in [0.1, 0.15) is 28.4 Å². The molecule has 0 radical (unpaired) electrons. The van der Waals surface area contributed by atoms with Gasteiger partial charge in [-0.1, -0.05) is 17.7 Å². The highest BCUT2D eigenvalue weighted by atomic mass is 35.5. The van der Waals surface area contributed by atoms with Crippen molar-refractivity contribution in [2.75, 3.05) is 52.8 Å². The first kappa shape index (κ1) is 26.4. The maximum Gasteiger partial charge on any atom is 0.255 e. The molecule has 2 aliphatic rings. The number of benzene rings is 1. The van der Waals surface area contributed by atoms with Gasteiger partial charge in [-0.25, -0.2) is 4.39 Å². The fourth-order valence-corrected chi connectivity index (χ4v) is 5.32. The Hall–Kier alpha value is -3.18. The molecule has 0 spiro atoms. The van der Waals surface area contributed by atoms with Gasteiger partial charge in [0.05, 0.1) is 66.4 Å². The third-order valence-corrected chi connectivity index (χ3v) is 7.10. The summed E-state index contributed by atoms with van der Waals surface area (Å²) < 4.78 is 32.6. The Morgan fingerprint density at radius 2 is 2.03 bits per heavy atom. The number of pyridine rings is 1. The molecule has 3 aromatic rings. The van der Waals surface area contributed by atoms with Crippen molar-refractivity contribution in [2.45, 2.75) is 24.5 Å². The van der Waals surface area contributed by atoms with E-state index >= 15 is 0 Å². The average Bonchev–Trinajstić information content (AvgIpc) is 3.27. The molecule has 0 aliphatic carbocycles. The van der Waals surface area contributed by atoms with E-state index in [0.29, 0.717) is 65.3 Å². The number of aromatic nitrogens is 2. The van der Waals surface area contributed by atoms with E-state index < -0.39 is 5.82 Å². The molecule has 3 N–H and O–H groups in total. The number of para-hydroxylation sites is 1. The third-order valence-electron chi connectivity index (χ3n) is 6.80. The average molecular weight is 544 g/mol. The van der Waals surface area contributed by atoms with Gasteiger partial charge in [0.1, 0.15) is 0 Å². The number of methoxy groups -OCH3 is 1. The molecule has 5 rings (SSSR count). The largest absolute Gasteiger partial charge is 0.493 e. The minimum absolute atomic E-state index is 0.0260. The van der Waals surface area contributed by atoms with Crippen molar-refractivity contribution >= 4 is 28.9 Å². The number of likely N-dealkylation sites (N-methyl/N-ethyl adjacent to an activating group) is 1. The van der Waals surface area contributed by atoms with Gasteiger partial charge in [0.2, 0.25) is 0 Å². The molecule has 1 unspecified atom stereocenters. The standard InChI is InChI=1S/C27H31ClFN5O4/c1-34(2)12-17-14-37-16(13-38-17)9-15-10-31-27(35)22-23(15)33-24(18-7-8-30-11-20(18)29)25(22)32-21-6-4-5-19(28)26(21)36-3/h4-8,11,15-17,32-33H,9-10,12-14H2,1-3H3,(H,31,35)/t15?,16-,17+/m0/s1. The van der Waals surface area contributed by atoms with Gasteiger partial charge in [-0.3, -0.25) is 9.78 Å². The smallest absolute Gasteiger partial charge is 0.255 e. The number of rotatable bonds is 8. The molecule has 1 saturated heterocycles. The first-order valence-electron chi connectivity index (χ1n) is 12.5. The Morgan fingerprint density at radius 3 is 2.74 bits per heavy atom. The molecular weight excluding hydrogens is 513 g/mol. The summed E-state index contributed by atoms with van der Waals surface area (Å²) in [4.78, 5) is 22.6. The van der Waals surface area contributed by atoms with Crippen LogP contribution in [-0.4, -0.2) is 80.5 Å². The first-order chi connectivity index (χ1) is 18.4. The van der Waals surface area contributed by atoms with Gasteiger partial charge in [0, 0.05) is 36.5 Å². The zero-order valence-corrected chi connectivity index (χ0v) is 22.3. The minimum Gasteiger partial charge on any atom is -0.493 e. The van der Waals surface area contributed by atoms with Gasteiger partial charge in [0.25, 0.3) is 5.91 Å². The second kappa shape index (κ2) is 11.3. The summed E-state index contributed by atoms with van der Waals surface area (Å²) >= 11 is 6.34. The fourth-order valence-electron chi connectivity index (χ4n) is 5.07. The quantitative estimate of drug-likeness (QED) is 0.392. The fraction of sp³-hybridized carbons (Fsp3) is 0.407. The predicted molar refractivity (Wildman–Crippen MR) is 143 cm³/mol. The second-order valence-corrected chi connectivity index (χ2v) is 10.2. The van der Waals surface area contributed by atoms with Crippen LogP contribution < -0.4 is 15.4 Å². The Kier molecular flexibility index (Phi) is 7.85. The number of hydrogen-bond donors (Lipinski definition) is 3. The molecule has 0 bridgehead atoms. The van der Waals surface area contributed by atoms with Gasteiger partial charge in [-0.05, 0) is 38.7 Å². The highest BCUT2D eigenvalue weighted by Gasteiger charge is 2.36. The van der Waals surface area contributed by atoms with E-state index in [1.54, 1.807) is 24.3 Å². The Labute approximate surface area is 225 Å². The van der Waals surface area contributed by atoms with Crippen LogP contribution in [0.4, 0.5) is 15.8 Å². The summed E-state index contributed by atoms with van der Waals surface area (Å²) in [5.41, 5.74) is 2.82. The van der Waals surface area contributed by atoms with Crippen molar-refractivity contribution in [3.05, 3.63) is 58.8 Å². The Balaban J connectivity index is 1.51. The summed E-state index contributed by atoms with van der Waals surface area (Å²) in [7, 11) is 5.52. The second-order valence-electron chi connectivity index (χ2n) is 9.78. The van der Waals surface area contributed by atoms with E-state index in [4.69, 9.17) is 25.8 Å². The van der Waals surface area contributed by atoms with E-state index in [0.717, 1.165) is 12.7 Å². The molecule has 9 nitrogen and oxygen atoms in total. The van der Waals surface area contributed by atoms with Crippen LogP contribution in [0.15, 0.2) is 36.7 Å². The van der Waals surface area contributed by atoms with Gasteiger partial charge >= 0.3 is 0 Å². The van der Waals surface area contributed by atoms with Crippen LogP contribution in [0.5, 0.6) is 5.75 Å². The molecule has 11 heteroatoms. The highest BCUT2D eigenvalue weighted by Crippen LogP contribution is 2.43. The molecule has 1 fully saturated rings. The minimum atomic E-state index is -0.514. The van der Waals surface area contributed by atoms with Crippen molar-refractivity contribution in [3.63, 3.8) is 0 Å². The maximum atomic E-state index is 15.0. The van der Waals surface area contributed by atoms with E-state index in [1.807, 2.05) is 14.1 Å². The molecule has 2 aliphatic heterocycles. The molecular formula is C27H31ClFN5O4. The van der Waals surface area contributed by atoms with Crippen molar-refractivity contribution < 1.29 is 23.4 Å². The first-order valence-corrected chi connectivity index (χ1v) is 12.8. The van der Waals surface area contributed by atoms with Crippen LogP contribution in [0.2, 0.25) is 5.02 Å². The van der Waals surface area contributed by atoms with Crippen molar-refractivity contribution in [1.82, 2.24) is 20.2 Å². The van der Waals surface area contributed by atoms with Gasteiger partial charge in [-0.2, -0.15) is 0 Å².